The Bertz CT molecular complexity index is 1050. The SMILES string of the molecule is O=C(c1ccc2nc(-c3cc(Cl)cc(Cl)c3)oc2c1)N1CCC(O)C(F)(F)C1. The maximum absolute atomic E-state index is 13.7. The number of aromatic nitrogens is 1. The molecule has 1 unspecified atom stereocenters. The van der Waals surface area contributed by atoms with E-state index in [1.165, 1.54) is 12.1 Å². The van der Waals surface area contributed by atoms with Gasteiger partial charge in [-0.25, -0.2) is 13.8 Å². The summed E-state index contributed by atoms with van der Waals surface area (Å²) in [6, 6.07) is 9.42. The molecule has 1 fully saturated rings. The number of alkyl halides is 2. The van der Waals surface area contributed by atoms with Gasteiger partial charge in [0, 0.05) is 27.7 Å². The molecule has 4 rings (SSSR count). The lowest BCUT2D eigenvalue weighted by Gasteiger charge is -2.35. The molecule has 1 aromatic heterocycles. The van der Waals surface area contributed by atoms with E-state index in [-0.39, 0.29) is 24.4 Å². The first kappa shape index (κ1) is 19.1. The fraction of sp³-hybridized carbons (Fsp3) is 0.263. The van der Waals surface area contributed by atoms with E-state index in [0.29, 0.717) is 26.7 Å². The molecule has 1 amide bonds. The lowest BCUT2D eigenvalue weighted by atomic mass is 10.0. The number of carbonyl (C=O) groups excluding carboxylic acids is 1. The third-order valence-electron chi connectivity index (χ3n) is 4.59. The van der Waals surface area contributed by atoms with Crippen LogP contribution in [-0.2, 0) is 0 Å². The van der Waals surface area contributed by atoms with Crippen molar-refractivity contribution in [2.45, 2.75) is 18.4 Å². The largest absolute Gasteiger partial charge is 0.436 e. The zero-order valence-electron chi connectivity index (χ0n) is 14.3. The van der Waals surface area contributed by atoms with Crippen LogP contribution in [0.5, 0.6) is 0 Å². The molecule has 1 N–H and O–H groups in total. The average molecular weight is 427 g/mol. The van der Waals surface area contributed by atoms with Crippen LogP contribution in [-0.4, -0.2) is 46.0 Å². The molecule has 28 heavy (non-hydrogen) atoms. The van der Waals surface area contributed by atoms with Gasteiger partial charge in [-0.1, -0.05) is 23.2 Å². The van der Waals surface area contributed by atoms with E-state index in [0.717, 1.165) is 4.90 Å². The van der Waals surface area contributed by atoms with Crippen molar-refractivity contribution in [3.8, 4) is 11.5 Å². The van der Waals surface area contributed by atoms with Gasteiger partial charge in [-0.3, -0.25) is 4.79 Å². The minimum absolute atomic E-state index is 0.0519. The number of halogens is 4. The second kappa shape index (κ2) is 6.99. The first-order valence-corrected chi connectivity index (χ1v) is 9.21. The molecule has 1 saturated heterocycles. The number of likely N-dealkylation sites (tertiary alicyclic amines) is 1. The zero-order valence-corrected chi connectivity index (χ0v) is 15.8. The van der Waals surface area contributed by atoms with Crippen LogP contribution in [0.4, 0.5) is 8.78 Å². The summed E-state index contributed by atoms with van der Waals surface area (Å²) in [6.45, 7) is -0.774. The fourth-order valence-corrected chi connectivity index (χ4v) is 3.67. The second-order valence-electron chi connectivity index (χ2n) is 6.65. The Morgan fingerprint density at radius 2 is 1.93 bits per heavy atom. The second-order valence-corrected chi connectivity index (χ2v) is 7.52. The molecular weight excluding hydrogens is 413 g/mol. The molecule has 0 saturated carbocycles. The lowest BCUT2D eigenvalue weighted by Crippen LogP contribution is -2.53. The molecule has 1 aliphatic heterocycles. The van der Waals surface area contributed by atoms with Crippen molar-refractivity contribution in [2.75, 3.05) is 13.1 Å². The van der Waals surface area contributed by atoms with Gasteiger partial charge in [0.15, 0.2) is 5.58 Å². The summed E-state index contributed by atoms with van der Waals surface area (Å²) in [5, 5.41) is 10.2. The van der Waals surface area contributed by atoms with Crippen molar-refractivity contribution in [2.24, 2.45) is 0 Å². The number of carbonyl (C=O) groups is 1. The number of hydrogen-bond donors (Lipinski definition) is 1. The monoisotopic (exact) mass is 426 g/mol. The molecule has 1 atom stereocenters. The third-order valence-corrected chi connectivity index (χ3v) is 5.03. The Morgan fingerprint density at radius 1 is 1.21 bits per heavy atom. The van der Waals surface area contributed by atoms with Gasteiger partial charge in [-0.15, -0.1) is 0 Å². The van der Waals surface area contributed by atoms with Gasteiger partial charge in [0.25, 0.3) is 11.8 Å². The van der Waals surface area contributed by atoms with Crippen LogP contribution in [0.1, 0.15) is 16.8 Å². The highest BCUT2D eigenvalue weighted by atomic mass is 35.5. The summed E-state index contributed by atoms with van der Waals surface area (Å²) >= 11 is 12.0. The predicted octanol–water partition coefficient (Wildman–Crippen LogP) is 4.64. The highest BCUT2D eigenvalue weighted by Gasteiger charge is 2.45. The standard InChI is InChI=1S/C19H14Cl2F2N2O3/c20-12-5-11(6-13(21)8-12)17-24-14-2-1-10(7-15(14)28-17)18(27)25-4-3-16(26)19(22,23)9-25/h1-2,5-8,16,26H,3-4,9H2. The van der Waals surface area contributed by atoms with E-state index in [1.54, 1.807) is 24.3 Å². The molecule has 0 aliphatic carbocycles. The number of aliphatic hydroxyl groups excluding tert-OH is 1. The van der Waals surface area contributed by atoms with Crippen molar-refractivity contribution in [3.05, 3.63) is 52.0 Å². The minimum Gasteiger partial charge on any atom is -0.436 e. The topological polar surface area (TPSA) is 66.6 Å². The van der Waals surface area contributed by atoms with Gasteiger partial charge >= 0.3 is 0 Å². The third kappa shape index (κ3) is 3.57. The van der Waals surface area contributed by atoms with E-state index in [9.17, 15) is 18.7 Å². The highest BCUT2D eigenvalue weighted by molar-refractivity contribution is 6.35. The molecular formula is C19H14Cl2F2N2O3. The van der Waals surface area contributed by atoms with Gasteiger partial charge < -0.3 is 14.4 Å². The molecule has 2 aromatic carbocycles. The van der Waals surface area contributed by atoms with Gasteiger partial charge in [0.1, 0.15) is 11.6 Å². The smallest absolute Gasteiger partial charge is 0.290 e. The van der Waals surface area contributed by atoms with Crippen molar-refractivity contribution >= 4 is 40.2 Å². The summed E-state index contributed by atoms with van der Waals surface area (Å²) in [5.74, 6) is -3.61. The number of amides is 1. The number of aliphatic hydroxyl groups is 1. The Hall–Kier alpha value is -2.22. The van der Waals surface area contributed by atoms with Gasteiger partial charge in [-0.05, 0) is 42.8 Å². The first-order chi connectivity index (χ1) is 13.2. The first-order valence-electron chi connectivity index (χ1n) is 8.45. The lowest BCUT2D eigenvalue weighted by molar-refractivity contribution is -0.142. The van der Waals surface area contributed by atoms with Crippen LogP contribution in [0.2, 0.25) is 10.0 Å². The molecule has 3 aromatic rings. The van der Waals surface area contributed by atoms with Crippen molar-refractivity contribution in [1.29, 1.82) is 0 Å². The molecule has 9 heteroatoms. The summed E-state index contributed by atoms with van der Waals surface area (Å²) in [7, 11) is 0. The van der Waals surface area contributed by atoms with Crippen molar-refractivity contribution < 1.29 is 23.1 Å². The summed E-state index contributed by atoms with van der Waals surface area (Å²) in [4.78, 5) is 18.0. The Balaban J connectivity index is 1.64. The van der Waals surface area contributed by atoms with E-state index >= 15 is 0 Å². The maximum atomic E-state index is 13.7. The van der Waals surface area contributed by atoms with E-state index in [2.05, 4.69) is 4.98 Å². The number of oxazole rings is 1. The minimum atomic E-state index is -3.33. The van der Waals surface area contributed by atoms with Crippen LogP contribution in [0.15, 0.2) is 40.8 Å². The quantitative estimate of drug-likeness (QED) is 0.647. The van der Waals surface area contributed by atoms with Crippen LogP contribution in [0, 0.1) is 0 Å². The summed E-state index contributed by atoms with van der Waals surface area (Å²) in [5.41, 5.74) is 1.61. The van der Waals surface area contributed by atoms with Gasteiger partial charge in [-0.2, -0.15) is 0 Å². The molecule has 2 heterocycles. The molecule has 0 spiro atoms. The maximum Gasteiger partial charge on any atom is 0.290 e. The van der Waals surface area contributed by atoms with Crippen LogP contribution < -0.4 is 0 Å². The van der Waals surface area contributed by atoms with E-state index < -0.39 is 24.5 Å². The number of benzene rings is 2. The van der Waals surface area contributed by atoms with Crippen LogP contribution in [0.25, 0.3) is 22.6 Å². The fourth-order valence-electron chi connectivity index (χ4n) is 3.14. The summed E-state index contributed by atoms with van der Waals surface area (Å²) in [6.07, 6.45) is -1.91. The summed E-state index contributed by atoms with van der Waals surface area (Å²) < 4.78 is 33.2. The average Bonchev–Trinajstić information content (AvgIpc) is 3.06. The number of fused-ring (bicyclic) bond motifs is 1. The predicted molar refractivity (Wildman–Crippen MR) is 101 cm³/mol. The molecule has 0 radical (unpaired) electrons. The number of rotatable bonds is 2. The van der Waals surface area contributed by atoms with E-state index in [4.69, 9.17) is 27.6 Å². The van der Waals surface area contributed by atoms with Gasteiger partial charge in [0.2, 0.25) is 5.89 Å². The Morgan fingerprint density at radius 3 is 2.61 bits per heavy atom. The molecule has 0 bridgehead atoms. The zero-order chi connectivity index (χ0) is 20.1. The molecule has 5 nitrogen and oxygen atoms in total. The number of hydrogen-bond acceptors (Lipinski definition) is 4. The Kier molecular flexibility index (Phi) is 4.77. The Labute approximate surface area is 168 Å². The van der Waals surface area contributed by atoms with Gasteiger partial charge in [0.05, 0.1) is 6.54 Å². The van der Waals surface area contributed by atoms with Crippen LogP contribution >= 0.6 is 23.2 Å². The van der Waals surface area contributed by atoms with Crippen LogP contribution in [0.3, 0.4) is 0 Å². The van der Waals surface area contributed by atoms with Crippen molar-refractivity contribution in [1.82, 2.24) is 9.88 Å². The van der Waals surface area contributed by atoms with E-state index in [1.807, 2.05) is 0 Å². The normalized spacial score (nSPS) is 19.2. The molecule has 1 aliphatic rings. The van der Waals surface area contributed by atoms with Crippen molar-refractivity contribution in [3.63, 3.8) is 0 Å². The number of piperidine rings is 1. The molecule has 146 valence electrons. The highest BCUT2D eigenvalue weighted by Crippen LogP contribution is 2.31. The number of nitrogens with zero attached hydrogens (tertiary/aromatic N) is 2.